The van der Waals surface area contributed by atoms with Crippen LogP contribution in [-0.4, -0.2) is 55.2 Å². The van der Waals surface area contributed by atoms with E-state index in [9.17, 15) is 22.4 Å². The minimum absolute atomic E-state index is 0.122. The molecule has 7 nitrogen and oxygen atoms in total. The average Bonchev–Trinajstić information content (AvgIpc) is 2.82. The number of benzene rings is 2. The Bertz CT molecular complexity index is 1080. The number of hydrogen-bond acceptors (Lipinski definition) is 5. The van der Waals surface area contributed by atoms with Crippen molar-refractivity contribution in [1.29, 1.82) is 0 Å². The Balaban J connectivity index is 1.69. The molecule has 0 unspecified atom stereocenters. The highest BCUT2D eigenvalue weighted by atomic mass is 32.2. The zero-order chi connectivity index (χ0) is 24.0. The third-order valence-corrected chi connectivity index (χ3v) is 7.48. The van der Waals surface area contributed by atoms with Gasteiger partial charge in [-0.1, -0.05) is 36.8 Å². The largest absolute Gasteiger partial charge is 0.452 e. The summed E-state index contributed by atoms with van der Waals surface area (Å²) >= 11 is 0. The summed E-state index contributed by atoms with van der Waals surface area (Å²) in [4.78, 5) is 26.3. The molecule has 0 aromatic heterocycles. The highest BCUT2D eigenvalue weighted by molar-refractivity contribution is 7.89. The second-order valence-corrected chi connectivity index (χ2v) is 10.2. The number of amides is 1. The summed E-state index contributed by atoms with van der Waals surface area (Å²) in [5.74, 6) is -2.20. The summed E-state index contributed by atoms with van der Waals surface area (Å²) in [6.07, 6.45) is 2.34. The quantitative estimate of drug-likeness (QED) is 0.544. The molecule has 0 N–H and O–H groups in total. The number of carbonyl (C=O) groups is 2. The van der Waals surface area contributed by atoms with E-state index in [4.69, 9.17) is 4.74 Å². The van der Waals surface area contributed by atoms with Crippen LogP contribution in [0.2, 0.25) is 0 Å². The lowest BCUT2D eigenvalue weighted by molar-refractivity contribution is -0.136. The second-order valence-electron chi connectivity index (χ2n) is 8.29. The molecule has 1 amide bonds. The van der Waals surface area contributed by atoms with Crippen LogP contribution in [0.5, 0.6) is 0 Å². The van der Waals surface area contributed by atoms with Gasteiger partial charge in [0.25, 0.3) is 5.91 Å². The van der Waals surface area contributed by atoms with E-state index in [-0.39, 0.29) is 17.5 Å². The van der Waals surface area contributed by atoms with Gasteiger partial charge in [0.1, 0.15) is 10.7 Å². The number of ether oxygens (including phenoxy) is 1. The SMILES string of the molecule is CC(C)N(Cc1ccccc1)C(=O)COC(=O)c1ccc(F)c(S(=O)(=O)N2CCCCC2)c1. The monoisotopic (exact) mass is 476 g/mol. The maximum absolute atomic E-state index is 14.4. The molecule has 0 radical (unpaired) electrons. The van der Waals surface area contributed by atoms with Crippen molar-refractivity contribution in [2.24, 2.45) is 0 Å². The van der Waals surface area contributed by atoms with Gasteiger partial charge in [-0.15, -0.1) is 0 Å². The number of esters is 1. The van der Waals surface area contributed by atoms with Crippen molar-refractivity contribution in [2.75, 3.05) is 19.7 Å². The lowest BCUT2D eigenvalue weighted by Crippen LogP contribution is -2.39. The predicted molar refractivity (Wildman–Crippen MR) is 121 cm³/mol. The molecule has 1 aliphatic heterocycles. The van der Waals surface area contributed by atoms with Crippen LogP contribution in [-0.2, 0) is 26.1 Å². The van der Waals surface area contributed by atoms with E-state index >= 15 is 0 Å². The lowest BCUT2D eigenvalue weighted by Gasteiger charge is -2.27. The van der Waals surface area contributed by atoms with Crippen LogP contribution in [0.4, 0.5) is 4.39 Å². The third-order valence-electron chi connectivity index (χ3n) is 5.57. The van der Waals surface area contributed by atoms with Gasteiger partial charge in [0, 0.05) is 25.7 Å². The number of carbonyl (C=O) groups excluding carboxylic acids is 2. The molecule has 1 heterocycles. The third kappa shape index (κ3) is 6.17. The van der Waals surface area contributed by atoms with Crippen molar-refractivity contribution in [1.82, 2.24) is 9.21 Å². The first kappa shape index (κ1) is 24.9. The molecule has 0 aliphatic carbocycles. The average molecular weight is 477 g/mol. The minimum Gasteiger partial charge on any atom is -0.452 e. The van der Waals surface area contributed by atoms with Crippen LogP contribution in [0, 0.1) is 5.82 Å². The Hall–Kier alpha value is -2.78. The summed E-state index contributed by atoms with van der Waals surface area (Å²) in [6.45, 7) is 4.22. The van der Waals surface area contributed by atoms with Gasteiger partial charge in [-0.05, 0) is 50.5 Å². The van der Waals surface area contributed by atoms with E-state index in [2.05, 4.69) is 0 Å². The number of hydrogen-bond donors (Lipinski definition) is 0. The topological polar surface area (TPSA) is 84.0 Å². The Kier molecular flexibility index (Phi) is 8.20. The summed E-state index contributed by atoms with van der Waals surface area (Å²) in [7, 11) is -4.06. The maximum Gasteiger partial charge on any atom is 0.338 e. The van der Waals surface area contributed by atoms with Gasteiger partial charge in [0.05, 0.1) is 5.56 Å². The molecule has 0 atom stereocenters. The summed E-state index contributed by atoms with van der Waals surface area (Å²) in [6, 6.07) is 12.4. The van der Waals surface area contributed by atoms with Crippen molar-refractivity contribution in [3.05, 3.63) is 65.5 Å². The van der Waals surface area contributed by atoms with Crippen molar-refractivity contribution in [2.45, 2.75) is 50.6 Å². The van der Waals surface area contributed by atoms with Gasteiger partial charge in [-0.3, -0.25) is 4.79 Å². The first-order valence-corrected chi connectivity index (χ1v) is 12.4. The van der Waals surface area contributed by atoms with Crippen molar-refractivity contribution < 1.29 is 27.1 Å². The van der Waals surface area contributed by atoms with E-state index in [1.807, 2.05) is 44.2 Å². The van der Waals surface area contributed by atoms with Crippen LogP contribution in [0.15, 0.2) is 53.4 Å². The Morgan fingerprint density at radius 2 is 1.73 bits per heavy atom. The summed E-state index contributed by atoms with van der Waals surface area (Å²) in [5.41, 5.74) is 0.816. The van der Waals surface area contributed by atoms with Crippen LogP contribution in [0.1, 0.15) is 49.0 Å². The van der Waals surface area contributed by atoms with Gasteiger partial charge >= 0.3 is 5.97 Å². The molecule has 0 saturated carbocycles. The number of halogens is 1. The fourth-order valence-corrected chi connectivity index (χ4v) is 5.31. The van der Waals surface area contributed by atoms with Crippen LogP contribution in [0.25, 0.3) is 0 Å². The second kappa shape index (κ2) is 10.9. The number of piperidine rings is 1. The summed E-state index contributed by atoms with van der Waals surface area (Å²) < 4.78 is 46.5. The van der Waals surface area contributed by atoms with Crippen molar-refractivity contribution in [3.63, 3.8) is 0 Å². The molecule has 1 aliphatic rings. The van der Waals surface area contributed by atoms with Gasteiger partial charge in [-0.25, -0.2) is 17.6 Å². The minimum atomic E-state index is -4.06. The molecule has 1 fully saturated rings. The highest BCUT2D eigenvalue weighted by Crippen LogP contribution is 2.24. The van der Waals surface area contributed by atoms with E-state index < -0.39 is 33.3 Å². The van der Waals surface area contributed by atoms with E-state index in [1.54, 1.807) is 4.90 Å². The molecule has 0 spiro atoms. The summed E-state index contributed by atoms with van der Waals surface area (Å²) in [5, 5.41) is 0. The molecule has 33 heavy (non-hydrogen) atoms. The Morgan fingerprint density at radius 3 is 2.36 bits per heavy atom. The normalized spacial score (nSPS) is 14.8. The molecule has 0 bridgehead atoms. The zero-order valence-corrected chi connectivity index (χ0v) is 19.7. The smallest absolute Gasteiger partial charge is 0.338 e. The number of nitrogens with zero attached hydrogens (tertiary/aromatic N) is 2. The Labute approximate surface area is 194 Å². The predicted octanol–water partition coefficient (Wildman–Crippen LogP) is 3.59. The van der Waals surface area contributed by atoms with E-state index in [1.165, 1.54) is 4.31 Å². The standard InChI is InChI=1S/C24H29FN2O5S/c1-18(2)27(16-19-9-5-3-6-10-19)23(28)17-32-24(29)20-11-12-21(25)22(15-20)33(30,31)26-13-7-4-8-14-26/h3,5-6,9-12,15,18H,4,7-8,13-14,16-17H2,1-2H3. The Morgan fingerprint density at radius 1 is 1.06 bits per heavy atom. The van der Waals surface area contributed by atoms with Crippen LogP contribution in [0.3, 0.4) is 0 Å². The highest BCUT2D eigenvalue weighted by Gasteiger charge is 2.30. The van der Waals surface area contributed by atoms with Gasteiger partial charge < -0.3 is 9.64 Å². The zero-order valence-electron chi connectivity index (χ0n) is 18.9. The molecule has 2 aromatic carbocycles. The first-order chi connectivity index (χ1) is 15.7. The van der Waals surface area contributed by atoms with Crippen molar-refractivity contribution >= 4 is 21.9 Å². The maximum atomic E-state index is 14.4. The van der Waals surface area contributed by atoms with Crippen LogP contribution < -0.4 is 0 Å². The van der Waals surface area contributed by atoms with E-state index in [0.717, 1.165) is 30.2 Å². The fraction of sp³-hybridized carbons (Fsp3) is 0.417. The molecule has 3 rings (SSSR count). The first-order valence-electron chi connectivity index (χ1n) is 11.0. The van der Waals surface area contributed by atoms with Gasteiger partial charge in [0.15, 0.2) is 6.61 Å². The van der Waals surface area contributed by atoms with Crippen LogP contribution >= 0.6 is 0 Å². The lowest BCUT2D eigenvalue weighted by atomic mass is 10.2. The molecular formula is C24H29FN2O5S. The molecule has 178 valence electrons. The molecule has 9 heteroatoms. The van der Waals surface area contributed by atoms with Crippen molar-refractivity contribution in [3.8, 4) is 0 Å². The molecule has 2 aromatic rings. The molecule has 1 saturated heterocycles. The number of rotatable bonds is 8. The number of sulfonamides is 1. The fourth-order valence-electron chi connectivity index (χ4n) is 3.70. The van der Waals surface area contributed by atoms with Gasteiger partial charge in [0.2, 0.25) is 10.0 Å². The van der Waals surface area contributed by atoms with Gasteiger partial charge in [-0.2, -0.15) is 4.31 Å². The van der Waals surface area contributed by atoms with E-state index in [0.29, 0.717) is 32.5 Å². The molecular weight excluding hydrogens is 447 g/mol.